The third-order valence-electron chi connectivity index (χ3n) is 5.95. The summed E-state index contributed by atoms with van der Waals surface area (Å²) in [4.78, 5) is 19.0. The minimum atomic E-state index is -3.87. The van der Waals surface area contributed by atoms with Gasteiger partial charge in [0.15, 0.2) is 11.5 Å². The van der Waals surface area contributed by atoms with Gasteiger partial charge in [-0.1, -0.05) is 29.8 Å². The average molecular weight is 564 g/mol. The summed E-state index contributed by atoms with van der Waals surface area (Å²) in [5, 5.41) is 4.94. The van der Waals surface area contributed by atoms with Crippen LogP contribution in [0.4, 0.5) is 5.82 Å². The first kappa shape index (κ1) is 24.0. The van der Waals surface area contributed by atoms with Crippen LogP contribution in [0.3, 0.4) is 0 Å². The second-order valence-electron chi connectivity index (χ2n) is 8.47. The number of aryl methyl sites for hydroxylation is 2. The van der Waals surface area contributed by atoms with Crippen molar-refractivity contribution in [2.45, 2.75) is 11.8 Å². The van der Waals surface area contributed by atoms with Crippen LogP contribution in [-0.4, -0.2) is 40.1 Å². The van der Waals surface area contributed by atoms with Crippen molar-refractivity contribution >= 4 is 48.7 Å². The average Bonchev–Trinajstić information content (AvgIpc) is 3.47. The lowest BCUT2D eigenvalue weighted by atomic mass is 10.0. The number of nitrogens with zero attached hydrogens (tertiary/aromatic N) is 5. The zero-order valence-corrected chi connectivity index (χ0v) is 22.2. The molecule has 0 saturated heterocycles. The molecule has 182 valence electrons. The quantitative estimate of drug-likeness (QED) is 0.299. The molecule has 5 rings (SSSR count). The van der Waals surface area contributed by atoms with Gasteiger partial charge in [0.05, 0.1) is 4.90 Å². The number of hydrogen-bond donors (Lipinski definition) is 0. The fourth-order valence-corrected chi connectivity index (χ4v) is 5.62. The molecule has 0 atom stereocenters. The van der Waals surface area contributed by atoms with Gasteiger partial charge < -0.3 is 0 Å². The van der Waals surface area contributed by atoms with Crippen LogP contribution < -0.4 is 4.90 Å². The fourth-order valence-electron chi connectivity index (χ4n) is 3.96. The maximum atomic E-state index is 13.5. The smallest absolute Gasteiger partial charge is 0.269 e. The monoisotopic (exact) mass is 563 g/mol. The number of fused-ring (bicyclic) bond motifs is 1. The summed E-state index contributed by atoms with van der Waals surface area (Å²) in [5.74, 6) is 0.348. The van der Waals surface area contributed by atoms with Gasteiger partial charge in [0.25, 0.3) is 15.9 Å². The van der Waals surface area contributed by atoms with Crippen LogP contribution in [0.2, 0.25) is 0 Å². The lowest BCUT2D eigenvalue weighted by molar-refractivity contribution is 0.0992. The third-order valence-corrected chi connectivity index (χ3v) is 8.04. The van der Waals surface area contributed by atoms with E-state index >= 15 is 0 Å². The summed E-state index contributed by atoms with van der Waals surface area (Å²) in [6.45, 7) is 1.90. The maximum absolute atomic E-state index is 13.5. The van der Waals surface area contributed by atoms with Crippen LogP contribution in [0.25, 0.3) is 22.2 Å². The Hall–Kier alpha value is -3.76. The highest BCUT2D eigenvalue weighted by molar-refractivity contribution is 9.10. The first-order chi connectivity index (χ1) is 17.1. The molecule has 0 N–H and O–H groups in total. The van der Waals surface area contributed by atoms with Crippen LogP contribution in [0.15, 0.2) is 88.6 Å². The number of aromatic nitrogens is 4. The number of hydrogen-bond acceptors (Lipinski definition) is 5. The highest BCUT2D eigenvalue weighted by atomic mass is 79.9. The van der Waals surface area contributed by atoms with Gasteiger partial charge in [0, 0.05) is 59.7 Å². The molecular formula is C26H22BrN5O3S. The maximum Gasteiger partial charge on any atom is 0.269 e. The van der Waals surface area contributed by atoms with Gasteiger partial charge in [-0.05, 0) is 58.7 Å². The summed E-state index contributed by atoms with van der Waals surface area (Å²) in [7, 11) is -0.412. The number of pyridine rings is 1. The molecule has 8 nitrogen and oxygen atoms in total. The van der Waals surface area contributed by atoms with E-state index in [-0.39, 0.29) is 10.8 Å². The molecule has 0 bridgehead atoms. The number of rotatable bonds is 5. The molecule has 10 heteroatoms. The Morgan fingerprint density at radius 1 is 1.03 bits per heavy atom. The predicted molar refractivity (Wildman–Crippen MR) is 143 cm³/mol. The van der Waals surface area contributed by atoms with Crippen molar-refractivity contribution in [1.82, 2.24) is 18.7 Å². The number of amides is 1. The molecule has 0 aliphatic carbocycles. The minimum Gasteiger partial charge on any atom is -0.294 e. The summed E-state index contributed by atoms with van der Waals surface area (Å²) in [5.41, 5.74) is 3.23. The minimum absolute atomic E-state index is 0.180. The molecule has 0 aliphatic rings. The molecule has 0 spiro atoms. The summed E-state index contributed by atoms with van der Waals surface area (Å²) < 4.78 is 30.6. The van der Waals surface area contributed by atoms with Crippen LogP contribution >= 0.6 is 15.9 Å². The molecule has 3 aromatic heterocycles. The van der Waals surface area contributed by atoms with Crippen molar-refractivity contribution < 1.29 is 13.2 Å². The van der Waals surface area contributed by atoms with E-state index in [1.165, 1.54) is 8.87 Å². The first-order valence-corrected chi connectivity index (χ1v) is 13.3. The van der Waals surface area contributed by atoms with Crippen LogP contribution in [0, 0.1) is 6.92 Å². The van der Waals surface area contributed by atoms with Gasteiger partial charge in [-0.15, -0.1) is 0 Å². The van der Waals surface area contributed by atoms with E-state index in [1.807, 2.05) is 13.0 Å². The molecule has 2 aromatic carbocycles. The molecule has 0 fully saturated rings. The second kappa shape index (κ2) is 9.03. The van der Waals surface area contributed by atoms with Crippen molar-refractivity contribution in [3.63, 3.8) is 0 Å². The standard InChI is InChI=1S/C26H22BrN5O3S/c1-17-4-10-21(11-5-17)36(34,35)32-16-23(22-14-20(27)15-28-25(22)32)18-6-8-19(9-7-18)26(33)31(3)24-12-13-30(2)29-24/h4-16H,1-3H3. The van der Waals surface area contributed by atoms with E-state index in [0.29, 0.717) is 28.0 Å². The van der Waals surface area contributed by atoms with Crippen LogP contribution in [0.1, 0.15) is 15.9 Å². The van der Waals surface area contributed by atoms with Crippen LogP contribution in [0.5, 0.6) is 0 Å². The van der Waals surface area contributed by atoms with Gasteiger partial charge in [0.1, 0.15) is 0 Å². The number of benzene rings is 2. The van der Waals surface area contributed by atoms with E-state index in [0.717, 1.165) is 15.6 Å². The Labute approximate surface area is 217 Å². The van der Waals surface area contributed by atoms with Crippen molar-refractivity contribution in [3.8, 4) is 11.1 Å². The van der Waals surface area contributed by atoms with E-state index in [4.69, 9.17) is 0 Å². The van der Waals surface area contributed by atoms with E-state index in [9.17, 15) is 13.2 Å². The van der Waals surface area contributed by atoms with Gasteiger partial charge >= 0.3 is 0 Å². The highest BCUT2D eigenvalue weighted by Gasteiger charge is 2.23. The summed E-state index contributed by atoms with van der Waals surface area (Å²) >= 11 is 3.44. The molecule has 3 heterocycles. The Balaban J connectivity index is 1.56. The number of halogens is 1. The Bertz CT molecular complexity index is 1710. The molecule has 0 unspecified atom stereocenters. The number of carbonyl (C=O) groups is 1. The first-order valence-electron chi connectivity index (χ1n) is 11.0. The summed E-state index contributed by atoms with van der Waals surface area (Å²) in [6, 6.07) is 17.4. The van der Waals surface area contributed by atoms with Gasteiger partial charge in [-0.25, -0.2) is 17.4 Å². The zero-order valence-electron chi connectivity index (χ0n) is 19.8. The zero-order chi connectivity index (χ0) is 25.6. The summed E-state index contributed by atoms with van der Waals surface area (Å²) in [6.07, 6.45) is 4.92. The topological polar surface area (TPSA) is 90.1 Å². The van der Waals surface area contributed by atoms with Gasteiger partial charge in [0.2, 0.25) is 0 Å². The van der Waals surface area contributed by atoms with Crippen LogP contribution in [-0.2, 0) is 17.1 Å². The number of carbonyl (C=O) groups excluding carboxylic acids is 1. The van der Waals surface area contributed by atoms with E-state index in [2.05, 4.69) is 26.0 Å². The Morgan fingerprint density at radius 3 is 2.36 bits per heavy atom. The van der Waals surface area contributed by atoms with E-state index in [1.54, 1.807) is 92.0 Å². The molecule has 0 radical (unpaired) electrons. The predicted octanol–water partition coefficient (Wildman–Crippen LogP) is 5.02. The van der Waals surface area contributed by atoms with Gasteiger partial charge in [-0.2, -0.15) is 5.10 Å². The van der Waals surface area contributed by atoms with Crippen molar-refractivity contribution in [1.29, 1.82) is 0 Å². The highest BCUT2D eigenvalue weighted by Crippen LogP contribution is 2.34. The SMILES string of the molecule is Cc1ccc(S(=O)(=O)n2cc(-c3ccc(C(=O)N(C)c4ccn(C)n4)cc3)c3cc(Br)cnc32)cc1. The fraction of sp³-hybridized carbons (Fsp3) is 0.115. The number of anilines is 1. The van der Waals surface area contributed by atoms with Crippen molar-refractivity contribution in [2.75, 3.05) is 11.9 Å². The third kappa shape index (κ3) is 4.22. The second-order valence-corrected chi connectivity index (χ2v) is 11.2. The molecule has 1 amide bonds. The Kier molecular flexibility index (Phi) is 6.01. The van der Waals surface area contributed by atoms with Gasteiger partial charge in [-0.3, -0.25) is 14.4 Å². The molecule has 0 aliphatic heterocycles. The van der Waals surface area contributed by atoms with Crippen molar-refractivity contribution in [2.24, 2.45) is 7.05 Å². The lowest BCUT2D eigenvalue weighted by Gasteiger charge is -2.14. The molecule has 36 heavy (non-hydrogen) atoms. The molecule has 0 saturated carbocycles. The lowest BCUT2D eigenvalue weighted by Crippen LogP contribution is -2.26. The Morgan fingerprint density at radius 2 is 1.72 bits per heavy atom. The van der Waals surface area contributed by atoms with Crippen molar-refractivity contribution in [3.05, 3.63) is 94.9 Å². The normalized spacial score (nSPS) is 11.7. The molecule has 5 aromatic rings. The molecular weight excluding hydrogens is 542 g/mol. The van der Waals surface area contributed by atoms with E-state index < -0.39 is 10.0 Å². The largest absolute Gasteiger partial charge is 0.294 e.